The number of aromatic nitrogens is 2. The minimum absolute atomic E-state index is 0.00429. The van der Waals surface area contributed by atoms with Gasteiger partial charge < -0.3 is 10.4 Å². The molecule has 0 aliphatic rings. The third-order valence-corrected chi connectivity index (χ3v) is 4.76. The van der Waals surface area contributed by atoms with Crippen molar-refractivity contribution in [3.63, 3.8) is 0 Å². The summed E-state index contributed by atoms with van der Waals surface area (Å²) >= 11 is 0. The summed E-state index contributed by atoms with van der Waals surface area (Å²) in [5, 5.41) is 12.2. The topological polar surface area (TPSA) is 75.1 Å². The van der Waals surface area contributed by atoms with E-state index in [1.54, 1.807) is 18.3 Å². The molecule has 30 heavy (non-hydrogen) atoms. The number of hydrogen-bond donors (Lipinski definition) is 2. The molecular weight excluding hydrogens is 374 g/mol. The van der Waals surface area contributed by atoms with E-state index < -0.39 is 0 Å². The highest BCUT2D eigenvalue weighted by molar-refractivity contribution is 6.04. The van der Waals surface area contributed by atoms with E-state index in [1.165, 1.54) is 0 Å². The van der Waals surface area contributed by atoms with Gasteiger partial charge in [-0.3, -0.25) is 4.79 Å². The lowest BCUT2D eigenvalue weighted by molar-refractivity contribution is 0.102. The molecule has 5 nitrogen and oxygen atoms in total. The summed E-state index contributed by atoms with van der Waals surface area (Å²) in [6.07, 6.45) is 2.20. The van der Waals surface area contributed by atoms with Gasteiger partial charge in [0.15, 0.2) is 5.82 Å². The third kappa shape index (κ3) is 4.59. The van der Waals surface area contributed by atoms with Gasteiger partial charge in [-0.05, 0) is 23.3 Å². The van der Waals surface area contributed by atoms with Crippen LogP contribution in [-0.4, -0.2) is 21.0 Å². The average Bonchev–Trinajstić information content (AvgIpc) is 2.81. The van der Waals surface area contributed by atoms with Crippen LogP contribution < -0.4 is 5.32 Å². The van der Waals surface area contributed by atoms with Gasteiger partial charge in [0.05, 0.1) is 24.2 Å². The second-order valence-corrected chi connectivity index (χ2v) is 6.89. The summed E-state index contributed by atoms with van der Waals surface area (Å²) in [6, 6.07) is 26.5. The first-order chi connectivity index (χ1) is 14.7. The molecule has 1 heterocycles. The molecule has 0 fully saturated rings. The summed E-state index contributed by atoms with van der Waals surface area (Å²) in [4.78, 5) is 22.0. The van der Waals surface area contributed by atoms with Crippen molar-refractivity contribution in [3.05, 3.63) is 114 Å². The molecule has 0 spiro atoms. The zero-order valence-corrected chi connectivity index (χ0v) is 16.3. The summed E-state index contributed by atoms with van der Waals surface area (Å²) in [5.74, 6) is 0.225. The van der Waals surface area contributed by atoms with Crippen LogP contribution in [-0.2, 0) is 13.0 Å². The van der Waals surface area contributed by atoms with E-state index in [4.69, 9.17) is 4.98 Å². The largest absolute Gasteiger partial charge is 0.392 e. The minimum Gasteiger partial charge on any atom is -0.392 e. The van der Waals surface area contributed by atoms with Crippen molar-refractivity contribution in [2.75, 3.05) is 5.32 Å². The van der Waals surface area contributed by atoms with E-state index in [-0.39, 0.29) is 12.5 Å². The Hall–Kier alpha value is -3.83. The number of nitrogens with zero attached hydrogens (tertiary/aromatic N) is 2. The van der Waals surface area contributed by atoms with E-state index in [0.29, 0.717) is 29.2 Å². The smallest absolute Gasteiger partial charge is 0.256 e. The Bertz CT molecular complexity index is 1130. The number of amides is 1. The number of anilines is 1. The molecule has 0 radical (unpaired) electrons. The average molecular weight is 395 g/mol. The zero-order chi connectivity index (χ0) is 20.8. The van der Waals surface area contributed by atoms with Crippen LogP contribution >= 0.6 is 0 Å². The molecule has 0 aliphatic heterocycles. The van der Waals surface area contributed by atoms with E-state index >= 15 is 0 Å². The molecule has 0 unspecified atom stereocenters. The van der Waals surface area contributed by atoms with Crippen molar-refractivity contribution >= 4 is 11.7 Å². The van der Waals surface area contributed by atoms with Crippen molar-refractivity contribution in [1.82, 2.24) is 9.97 Å². The Morgan fingerprint density at radius 3 is 2.17 bits per heavy atom. The fourth-order valence-corrected chi connectivity index (χ4v) is 3.13. The number of carbonyl (C=O) groups is 1. The molecule has 0 saturated carbocycles. The molecule has 0 saturated heterocycles. The van der Waals surface area contributed by atoms with Crippen LogP contribution in [0.1, 0.15) is 27.2 Å². The monoisotopic (exact) mass is 395 g/mol. The van der Waals surface area contributed by atoms with Crippen LogP contribution in [0.15, 0.2) is 91.1 Å². The van der Waals surface area contributed by atoms with Crippen molar-refractivity contribution in [3.8, 4) is 11.3 Å². The first-order valence-electron chi connectivity index (χ1n) is 9.69. The van der Waals surface area contributed by atoms with E-state index in [9.17, 15) is 9.90 Å². The summed E-state index contributed by atoms with van der Waals surface area (Å²) in [7, 11) is 0. The quantitative estimate of drug-likeness (QED) is 0.505. The van der Waals surface area contributed by atoms with Crippen molar-refractivity contribution < 1.29 is 9.90 Å². The van der Waals surface area contributed by atoms with Gasteiger partial charge in [-0.2, -0.15) is 0 Å². The fourth-order valence-electron chi connectivity index (χ4n) is 3.13. The molecule has 3 aromatic carbocycles. The number of aliphatic hydroxyl groups is 1. The zero-order valence-electron chi connectivity index (χ0n) is 16.3. The maximum absolute atomic E-state index is 12.6. The van der Waals surface area contributed by atoms with Crippen LogP contribution in [0.5, 0.6) is 0 Å². The molecule has 1 aromatic heterocycles. The van der Waals surface area contributed by atoms with Gasteiger partial charge in [0.25, 0.3) is 5.91 Å². The molecule has 4 aromatic rings. The molecule has 2 N–H and O–H groups in total. The minimum atomic E-state index is -0.223. The molecule has 0 atom stereocenters. The van der Waals surface area contributed by atoms with Crippen LogP contribution in [0.2, 0.25) is 0 Å². The number of hydrogen-bond acceptors (Lipinski definition) is 4. The molecule has 4 rings (SSSR count). The Morgan fingerprint density at radius 1 is 0.833 bits per heavy atom. The molecule has 5 heteroatoms. The molecule has 0 bridgehead atoms. The number of aliphatic hydroxyl groups excluding tert-OH is 1. The summed E-state index contributed by atoms with van der Waals surface area (Å²) in [5.41, 5.74) is 4.78. The fraction of sp³-hybridized carbons (Fsp3) is 0.0800. The first kappa shape index (κ1) is 19.5. The first-order valence-corrected chi connectivity index (χ1v) is 9.69. The Balaban J connectivity index is 1.68. The van der Waals surface area contributed by atoms with Crippen LogP contribution in [0, 0.1) is 0 Å². The van der Waals surface area contributed by atoms with Gasteiger partial charge in [-0.25, -0.2) is 9.97 Å². The molecule has 1 amide bonds. The second kappa shape index (κ2) is 9.11. The lowest BCUT2D eigenvalue weighted by Crippen LogP contribution is -2.15. The van der Waals surface area contributed by atoms with Gasteiger partial charge in [-0.1, -0.05) is 72.8 Å². The van der Waals surface area contributed by atoms with Crippen molar-refractivity contribution in [2.45, 2.75) is 13.0 Å². The highest BCUT2D eigenvalue weighted by Gasteiger charge is 2.14. The molecule has 148 valence electrons. The van der Waals surface area contributed by atoms with Gasteiger partial charge in [0, 0.05) is 17.5 Å². The lowest BCUT2D eigenvalue weighted by atomic mass is 10.1. The molecular formula is C25H21N3O2. The van der Waals surface area contributed by atoms with Gasteiger partial charge >= 0.3 is 0 Å². The van der Waals surface area contributed by atoms with Gasteiger partial charge in [0.2, 0.25) is 0 Å². The van der Waals surface area contributed by atoms with Crippen LogP contribution in [0.3, 0.4) is 0 Å². The van der Waals surface area contributed by atoms with Crippen LogP contribution in [0.25, 0.3) is 11.3 Å². The Morgan fingerprint density at radius 2 is 1.50 bits per heavy atom. The van der Waals surface area contributed by atoms with Crippen molar-refractivity contribution in [2.24, 2.45) is 0 Å². The van der Waals surface area contributed by atoms with Crippen LogP contribution in [0.4, 0.5) is 5.82 Å². The van der Waals surface area contributed by atoms with E-state index in [1.807, 2.05) is 72.8 Å². The third-order valence-electron chi connectivity index (χ3n) is 4.76. The van der Waals surface area contributed by atoms with Gasteiger partial charge in [0.1, 0.15) is 0 Å². The maximum atomic E-state index is 12.6. The second-order valence-electron chi connectivity index (χ2n) is 6.89. The number of benzene rings is 3. The highest BCUT2D eigenvalue weighted by atomic mass is 16.3. The Labute approximate surface area is 175 Å². The number of nitrogens with one attached hydrogen (secondary N) is 1. The predicted octanol–water partition coefficient (Wildman–Crippen LogP) is 4.48. The van der Waals surface area contributed by atoms with E-state index in [0.717, 1.165) is 16.7 Å². The number of rotatable bonds is 6. The highest BCUT2D eigenvalue weighted by Crippen LogP contribution is 2.23. The van der Waals surface area contributed by atoms with E-state index in [2.05, 4.69) is 10.3 Å². The summed E-state index contributed by atoms with van der Waals surface area (Å²) in [6.45, 7) is -0.00429. The Kier molecular flexibility index (Phi) is 5.92. The normalized spacial score (nSPS) is 10.6. The van der Waals surface area contributed by atoms with Crippen molar-refractivity contribution in [1.29, 1.82) is 0 Å². The standard InChI is InChI=1S/C25H21N3O2/c29-17-19-11-13-20(14-12-19)23-16-26-24(28-25(30)21-9-5-2-6-10-21)22(27-23)15-18-7-3-1-4-8-18/h1-14,16,29H,15,17H2,(H,26,28,30). The summed E-state index contributed by atoms with van der Waals surface area (Å²) < 4.78 is 0. The maximum Gasteiger partial charge on any atom is 0.256 e. The van der Waals surface area contributed by atoms with Gasteiger partial charge in [-0.15, -0.1) is 0 Å². The predicted molar refractivity (Wildman–Crippen MR) is 117 cm³/mol. The lowest BCUT2D eigenvalue weighted by Gasteiger charge is -2.12. The molecule has 0 aliphatic carbocycles. The number of carbonyl (C=O) groups excluding carboxylic acids is 1. The SMILES string of the molecule is O=C(Nc1ncc(-c2ccc(CO)cc2)nc1Cc1ccccc1)c1ccccc1.